The van der Waals surface area contributed by atoms with Gasteiger partial charge in [0.15, 0.2) is 0 Å². The van der Waals surface area contributed by atoms with Crippen LogP contribution in [0.1, 0.15) is 36.3 Å². The molecule has 24 heavy (non-hydrogen) atoms. The highest BCUT2D eigenvalue weighted by atomic mass is 35.5. The fourth-order valence-corrected chi connectivity index (χ4v) is 3.27. The predicted octanol–water partition coefficient (Wildman–Crippen LogP) is 3.50. The van der Waals surface area contributed by atoms with Gasteiger partial charge in [0.05, 0.1) is 6.04 Å². The van der Waals surface area contributed by atoms with Crippen LogP contribution in [-0.4, -0.2) is 25.0 Å². The number of halogens is 1. The number of hydrogen-bond acceptors (Lipinski definition) is 2. The Hall–Kier alpha value is -1.84. The van der Waals surface area contributed by atoms with Crippen molar-refractivity contribution >= 4 is 18.3 Å². The van der Waals surface area contributed by atoms with Gasteiger partial charge in [-0.15, -0.1) is 12.4 Å². The summed E-state index contributed by atoms with van der Waals surface area (Å²) >= 11 is 0. The lowest BCUT2D eigenvalue weighted by molar-refractivity contribution is -0.122. The van der Waals surface area contributed by atoms with E-state index >= 15 is 0 Å². The summed E-state index contributed by atoms with van der Waals surface area (Å²) < 4.78 is 0. The molecule has 0 radical (unpaired) electrons. The van der Waals surface area contributed by atoms with Crippen molar-refractivity contribution in [2.24, 2.45) is 0 Å². The van der Waals surface area contributed by atoms with Gasteiger partial charge in [0.25, 0.3) is 0 Å². The standard InChI is InChI=1S/C20H24N2O.ClH/c23-20(19-12-7-14-21-19)22-15-13-18(16-8-3-1-4-9-16)17-10-5-2-6-11-17;/h1-6,8-11,18-19,21H,7,12-15H2,(H,22,23);1H. The average Bonchev–Trinajstić information content (AvgIpc) is 3.15. The highest BCUT2D eigenvalue weighted by Gasteiger charge is 2.22. The molecule has 1 heterocycles. The molecule has 1 amide bonds. The molecule has 2 N–H and O–H groups in total. The van der Waals surface area contributed by atoms with E-state index in [0.717, 1.165) is 25.8 Å². The lowest BCUT2D eigenvalue weighted by Crippen LogP contribution is -2.41. The molecule has 4 heteroatoms. The molecule has 0 aromatic heterocycles. The molecule has 1 aliphatic rings. The number of rotatable bonds is 6. The third kappa shape index (κ3) is 4.83. The van der Waals surface area contributed by atoms with E-state index in [-0.39, 0.29) is 24.4 Å². The topological polar surface area (TPSA) is 41.1 Å². The van der Waals surface area contributed by atoms with E-state index in [1.807, 2.05) is 12.1 Å². The van der Waals surface area contributed by atoms with Gasteiger partial charge in [0.2, 0.25) is 5.91 Å². The molecular formula is C20H25ClN2O. The molecule has 0 saturated carbocycles. The second kappa shape index (κ2) is 9.45. The molecule has 0 aliphatic carbocycles. The Balaban J connectivity index is 0.00000208. The van der Waals surface area contributed by atoms with Crippen LogP contribution in [0.5, 0.6) is 0 Å². The second-order valence-electron chi connectivity index (χ2n) is 6.10. The number of amides is 1. The molecule has 2 aromatic carbocycles. The zero-order valence-corrected chi connectivity index (χ0v) is 14.6. The van der Waals surface area contributed by atoms with Crippen LogP contribution < -0.4 is 10.6 Å². The summed E-state index contributed by atoms with van der Waals surface area (Å²) in [5.74, 6) is 0.455. The summed E-state index contributed by atoms with van der Waals surface area (Å²) in [7, 11) is 0. The van der Waals surface area contributed by atoms with E-state index in [1.165, 1.54) is 11.1 Å². The van der Waals surface area contributed by atoms with Crippen LogP contribution in [0.4, 0.5) is 0 Å². The first kappa shape index (κ1) is 18.5. The van der Waals surface area contributed by atoms with E-state index in [0.29, 0.717) is 12.5 Å². The summed E-state index contributed by atoms with van der Waals surface area (Å²) in [5, 5.41) is 6.34. The van der Waals surface area contributed by atoms with Gasteiger partial charge < -0.3 is 10.6 Å². The first-order valence-corrected chi connectivity index (χ1v) is 8.45. The van der Waals surface area contributed by atoms with Crippen LogP contribution in [-0.2, 0) is 4.79 Å². The molecule has 3 rings (SSSR count). The highest BCUT2D eigenvalue weighted by molar-refractivity contribution is 5.85. The summed E-state index contributed by atoms with van der Waals surface area (Å²) in [5.41, 5.74) is 2.60. The second-order valence-corrected chi connectivity index (χ2v) is 6.10. The fourth-order valence-electron chi connectivity index (χ4n) is 3.27. The SMILES string of the molecule is Cl.O=C(NCCC(c1ccccc1)c1ccccc1)C1CCCN1. The maximum atomic E-state index is 12.1. The van der Waals surface area contributed by atoms with Crippen LogP contribution in [0.3, 0.4) is 0 Å². The summed E-state index contributed by atoms with van der Waals surface area (Å²) in [6.45, 7) is 1.65. The van der Waals surface area contributed by atoms with Gasteiger partial charge in [0, 0.05) is 12.5 Å². The third-order valence-electron chi connectivity index (χ3n) is 4.51. The molecule has 1 atom stereocenters. The molecule has 2 aromatic rings. The Morgan fingerprint density at radius 2 is 1.62 bits per heavy atom. The van der Waals surface area contributed by atoms with Gasteiger partial charge in [-0.25, -0.2) is 0 Å². The van der Waals surface area contributed by atoms with Crippen LogP contribution in [0.25, 0.3) is 0 Å². The molecule has 1 aliphatic heterocycles. The van der Waals surface area contributed by atoms with Crippen LogP contribution in [0, 0.1) is 0 Å². The quantitative estimate of drug-likeness (QED) is 0.842. The van der Waals surface area contributed by atoms with Gasteiger partial charge >= 0.3 is 0 Å². The Morgan fingerprint density at radius 1 is 1.04 bits per heavy atom. The minimum Gasteiger partial charge on any atom is -0.355 e. The predicted molar refractivity (Wildman–Crippen MR) is 101 cm³/mol. The molecule has 3 nitrogen and oxygen atoms in total. The minimum absolute atomic E-state index is 0. The number of benzene rings is 2. The van der Waals surface area contributed by atoms with Crippen molar-refractivity contribution in [2.45, 2.75) is 31.2 Å². The van der Waals surface area contributed by atoms with Crippen molar-refractivity contribution in [3.63, 3.8) is 0 Å². The van der Waals surface area contributed by atoms with Crippen molar-refractivity contribution in [1.82, 2.24) is 10.6 Å². The van der Waals surface area contributed by atoms with Crippen LogP contribution in [0.15, 0.2) is 60.7 Å². The normalized spacial score (nSPS) is 16.6. The van der Waals surface area contributed by atoms with E-state index in [2.05, 4.69) is 59.2 Å². The Morgan fingerprint density at radius 3 is 2.12 bits per heavy atom. The minimum atomic E-state index is 0. The van der Waals surface area contributed by atoms with E-state index in [9.17, 15) is 4.79 Å². The van der Waals surface area contributed by atoms with E-state index < -0.39 is 0 Å². The first-order chi connectivity index (χ1) is 11.3. The van der Waals surface area contributed by atoms with Crippen molar-refractivity contribution in [1.29, 1.82) is 0 Å². The summed E-state index contributed by atoms with van der Waals surface area (Å²) in [4.78, 5) is 12.1. The lowest BCUT2D eigenvalue weighted by atomic mass is 9.88. The maximum absolute atomic E-state index is 12.1. The summed E-state index contributed by atoms with van der Waals surface area (Å²) in [6.07, 6.45) is 2.95. The monoisotopic (exact) mass is 344 g/mol. The first-order valence-electron chi connectivity index (χ1n) is 8.45. The molecule has 0 spiro atoms. The number of carbonyl (C=O) groups excluding carboxylic acids is 1. The highest BCUT2D eigenvalue weighted by Crippen LogP contribution is 2.27. The van der Waals surface area contributed by atoms with Gasteiger partial charge in [-0.05, 0) is 36.9 Å². The van der Waals surface area contributed by atoms with Gasteiger partial charge in [-0.1, -0.05) is 60.7 Å². The zero-order chi connectivity index (χ0) is 15.9. The zero-order valence-electron chi connectivity index (χ0n) is 13.8. The lowest BCUT2D eigenvalue weighted by Gasteiger charge is -2.19. The van der Waals surface area contributed by atoms with Crippen molar-refractivity contribution in [2.75, 3.05) is 13.1 Å². The summed E-state index contributed by atoms with van der Waals surface area (Å²) in [6, 6.07) is 21.0. The van der Waals surface area contributed by atoms with Gasteiger partial charge in [-0.3, -0.25) is 4.79 Å². The fraction of sp³-hybridized carbons (Fsp3) is 0.350. The van der Waals surface area contributed by atoms with Crippen molar-refractivity contribution in [3.8, 4) is 0 Å². The van der Waals surface area contributed by atoms with Gasteiger partial charge in [-0.2, -0.15) is 0 Å². The van der Waals surface area contributed by atoms with Crippen LogP contribution >= 0.6 is 12.4 Å². The Labute approximate surface area is 150 Å². The number of hydrogen-bond donors (Lipinski definition) is 2. The molecule has 1 saturated heterocycles. The van der Waals surface area contributed by atoms with Gasteiger partial charge in [0.1, 0.15) is 0 Å². The molecule has 128 valence electrons. The molecular weight excluding hydrogens is 320 g/mol. The largest absolute Gasteiger partial charge is 0.355 e. The molecule has 0 bridgehead atoms. The van der Waals surface area contributed by atoms with Crippen LogP contribution in [0.2, 0.25) is 0 Å². The Bertz CT molecular complexity index is 573. The molecule has 1 fully saturated rings. The number of nitrogens with one attached hydrogen (secondary N) is 2. The smallest absolute Gasteiger partial charge is 0.237 e. The maximum Gasteiger partial charge on any atom is 0.237 e. The van der Waals surface area contributed by atoms with E-state index in [1.54, 1.807) is 0 Å². The van der Waals surface area contributed by atoms with Crippen molar-refractivity contribution < 1.29 is 4.79 Å². The number of carbonyl (C=O) groups is 1. The van der Waals surface area contributed by atoms with E-state index in [4.69, 9.17) is 0 Å². The Kier molecular flexibility index (Phi) is 7.29. The molecule has 1 unspecified atom stereocenters. The third-order valence-corrected chi connectivity index (χ3v) is 4.51. The van der Waals surface area contributed by atoms with Crippen molar-refractivity contribution in [3.05, 3.63) is 71.8 Å². The average molecular weight is 345 g/mol.